The molecule has 1 saturated heterocycles. The molecular formula is C29H34IN5O2S2. The van der Waals surface area contributed by atoms with Gasteiger partial charge in [0, 0.05) is 24.6 Å². The number of ether oxygens (including phenoxy) is 1. The van der Waals surface area contributed by atoms with Crippen LogP contribution in [0.25, 0.3) is 17.3 Å². The number of methoxy groups -OCH3 is 1. The zero-order valence-corrected chi connectivity index (χ0v) is 26.2. The van der Waals surface area contributed by atoms with Gasteiger partial charge in [-0.1, -0.05) is 50.9 Å². The highest BCUT2D eigenvalue weighted by molar-refractivity contribution is 14.2. The van der Waals surface area contributed by atoms with Crippen LogP contribution in [0.1, 0.15) is 29.5 Å². The van der Waals surface area contributed by atoms with Crippen LogP contribution in [-0.2, 0) is 13.0 Å². The monoisotopic (exact) mass is 675 g/mol. The van der Waals surface area contributed by atoms with Crippen molar-refractivity contribution in [1.82, 2.24) is 19.7 Å². The van der Waals surface area contributed by atoms with Gasteiger partial charge in [0.2, 0.25) is 11.8 Å². The molecule has 2 aromatic heterocycles. The van der Waals surface area contributed by atoms with Crippen molar-refractivity contribution in [2.24, 2.45) is 0 Å². The van der Waals surface area contributed by atoms with Gasteiger partial charge in [-0.2, -0.15) is 0 Å². The van der Waals surface area contributed by atoms with Gasteiger partial charge in [-0.25, -0.2) is 0 Å². The number of rotatable bonds is 13. The van der Waals surface area contributed by atoms with E-state index >= 15 is 0 Å². The van der Waals surface area contributed by atoms with E-state index in [-0.39, 0.29) is 0 Å². The maximum Gasteiger partial charge on any atom is 0.242 e. The highest BCUT2D eigenvalue weighted by Crippen LogP contribution is 2.37. The predicted octanol–water partition coefficient (Wildman–Crippen LogP) is 7.22. The third-order valence-electron chi connectivity index (χ3n) is 6.86. The normalized spacial score (nSPS) is 13.7. The van der Waals surface area contributed by atoms with Crippen LogP contribution < -0.4 is 9.04 Å². The number of aryl methyl sites for hydroxylation is 2. The summed E-state index contributed by atoms with van der Waals surface area (Å²) in [6.07, 6.45) is 5.15. The second kappa shape index (κ2) is 14.0. The fraction of sp³-hybridized carbons (Fsp3) is 0.379. The van der Waals surface area contributed by atoms with E-state index in [2.05, 4.69) is 83.4 Å². The molecule has 1 aliphatic rings. The molecule has 0 spiro atoms. The molecule has 39 heavy (non-hydrogen) atoms. The largest absolute Gasteiger partial charge is 0.495 e. The molecule has 1 aliphatic heterocycles. The Kier molecular flexibility index (Phi) is 10.2. The third kappa shape index (κ3) is 6.96. The number of hydrogen-bond donors (Lipinski definition) is 0. The van der Waals surface area contributed by atoms with Crippen molar-refractivity contribution < 1.29 is 9.15 Å². The van der Waals surface area contributed by atoms with E-state index in [9.17, 15) is 0 Å². The number of nitrogens with zero attached hydrogens (tertiary/aromatic N) is 5. The van der Waals surface area contributed by atoms with Gasteiger partial charge >= 0.3 is 0 Å². The number of benzene rings is 2. The summed E-state index contributed by atoms with van der Waals surface area (Å²) in [6.45, 7) is 6.04. The van der Waals surface area contributed by atoms with Crippen LogP contribution in [0.2, 0.25) is 0 Å². The topological polar surface area (TPSA) is 59.6 Å². The quantitative estimate of drug-likeness (QED) is 0.109. The SMILES string of the molecule is COc1cccc(CN2CCCC2)c1-n1c(-c2ccco2)nnc1N(CCSI)SCCc1ccc(C)cc1. The minimum atomic E-state index is 0.674. The molecule has 0 atom stereocenters. The number of likely N-dealkylation sites (tertiary alicyclic amines) is 1. The lowest BCUT2D eigenvalue weighted by Gasteiger charge is -2.25. The Bertz CT molecular complexity index is 1320. The minimum Gasteiger partial charge on any atom is -0.495 e. The number of furan rings is 1. The van der Waals surface area contributed by atoms with Crippen molar-refractivity contribution in [3.8, 4) is 23.0 Å². The Morgan fingerprint density at radius 1 is 1.03 bits per heavy atom. The predicted molar refractivity (Wildman–Crippen MR) is 171 cm³/mol. The fourth-order valence-corrected chi connectivity index (χ4v) is 6.83. The molecule has 0 amide bonds. The Labute approximate surface area is 251 Å². The van der Waals surface area contributed by atoms with Crippen molar-refractivity contribution >= 4 is 48.0 Å². The number of anilines is 1. The summed E-state index contributed by atoms with van der Waals surface area (Å²) in [5, 5.41) is 9.44. The molecule has 10 heteroatoms. The van der Waals surface area contributed by atoms with E-state index in [0.717, 1.165) is 61.5 Å². The van der Waals surface area contributed by atoms with Gasteiger partial charge in [0.15, 0.2) is 5.76 Å². The Morgan fingerprint density at radius 3 is 2.56 bits per heavy atom. The summed E-state index contributed by atoms with van der Waals surface area (Å²) in [5.41, 5.74) is 4.79. The first-order valence-corrected chi connectivity index (χ1v) is 17.7. The van der Waals surface area contributed by atoms with Crippen LogP contribution in [0.5, 0.6) is 5.75 Å². The van der Waals surface area contributed by atoms with Crippen LogP contribution in [0.4, 0.5) is 5.95 Å². The molecule has 0 radical (unpaired) electrons. The maximum absolute atomic E-state index is 5.95. The lowest BCUT2D eigenvalue weighted by molar-refractivity contribution is 0.330. The van der Waals surface area contributed by atoms with E-state index in [0.29, 0.717) is 11.6 Å². The highest BCUT2D eigenvalue weighted by Gasteiger charge is 2.27. The van der Waals surface area contributed by atoms with E-state index in [1.54, 1.807) is 34.3 Å². The number of hydrogen-bond acceptors (Lipinski definition) is 8. The summed E-state index contributed by atoms with van der Waals surface area (Å²) in [5.74, 6) is 4.84. The first-order chi connectivity index (χ1) is 19.2. The van der Waals surface area contributed by atoms with Crippen LogP contribution in [0.15, 0.2) is 65.3 Å². The van der Waals surface area contributed by atoms with Gasteiger partial charge in [0.05, 0.1) is 19.1 Å². The van der Waals surface area contributed by atoms with Crippen LogP contribution in [-0.4, -0.2) is 57.9 Å². The third-order valence-corrected chi connectivity index (χ3v) is 9.56. The molecule has 5 rings (SSSR count). The van der Waals surface area contributed by atoms with Crippen molar-refractivity contribution in [3.63, 3.8) is 0 Å². The fourth-order valence-electron chi connectivity index (χ4n) is 4.87. The molecule has 1 fully saturated rings. The van der Waals surface area contributed by atoms with Gasteiger partial charge in [0.25, 0.3) is 0 Å². The molecule has 0 unspecified atom stereocenters. The van der Waals surface area contributed by atoms with Gasteiger partial charge in [-0.05, 0) is 102 Å². The lowest BCUT2D eigenvalue weighted by atomic mass is 10.1. The first kappa shape index (κ1) is 28.4. The van der Waals surface area contributed by atoms with E-state index in [1.807, 2.05) is 18.2 Å². The van der Waals surface area contributed by atoms with Gasteiger partial charge in [-0.15, -0.1) is 10.2 Å². The van der Waals surface area contributed by atoms with Crippen molar-refractivity contribution in [3.05, 3.63) is 77.6 Å². The summed E-state index contributed by atoms with van der Waals surface area (Å²) in [6, 6.07) is 18.9. The Balaban J connectivity index is 1.54. The molecular weight excluding hydrogens is 641 g/mol. The number of para-hydroxylation sites is 1. The zero-order valence-electron chi connectivity index (χ0n) is 22.4. The van der Waals surface area contributed by atoms with Gasteiger partial charge in [-0.3, -0.25) is 13.8 Å². The maximum atomic E-state index is 5.95. The molecule has 0 bridgehead atoms. The summed E-state index contributed by atoms with van der Waals surface area (Å²) in [7, 11) is 3.53. The molecule has 206 valence electrons. The van der Waals surface area contributed by atoms with Gasteiger partial charge < -0.3 is 9.15 Å². The van der Waals surface area contributed by atoms with Crippen LogP contribution in [0.3, 0.4) is 0 Å². The minimum absolute atomic E-state index is 0.674. The lowest BCUT2D eigenvalue weighted by Crippen LogP contribution is -2.24. The second-order valence-electron chi connectivity index (χ2n) is 9.57. The standard InChI is InChI=1S/C29H34IN5O2S2/c1-22-10-12-23(13-11-22)14-19-39-34(17-20-38-30)29-32-31-28(26-9-6-18-37-26)35(29)27-24(7-5-8-25(27)36-2)21-33-15-3-4-16-33/h5-13,18H,3-4,14-17,19-21H2,1-2H3. The Hall–Kier alpha value is -2.15. The van der Waals surface area contributed by atoms with E-state index < -0.39 is 0 Å². The average Bonchev–Trinajstić information content (AvgIpc) is 3.74. The number of halogens is 1. The molecule has 3 heterocycles. The molecule has 0 saturated carbocycles. The summed E-state index contributed by atoms with van der Waals surface area (Å²) in [4.78, 5) is 2.51. The summed E-state index contributed by atoms with van der Waals surface area (Å²) < 4.78 is 16.2. The summed E-state index contributed by atoms with van der Waals surface area (Å²) >= 11 is 4.16. The average molecular weight is 676 g/mol. The first-order valence-electron chi connectivity index (χ1n) is 13.3. The zero-order chi connectivity index (χ0) is 27.0. The van der Waals surface area contributed by atoms with Crippen molar-refractivity contribution in [2.75, 3.05) is 42.6 Å². The van der Waals surface area contributed by atoms with Crippen molar-refractivity contribution in [2.45, 2.75) is 32.7 Å². The van der Waals surface area contributed by atoms with Gasteiger partial charge in [0.1, 0.15) is 5.75 Å². The van der Waals surface area contributed by atoms with E-state index in [4.69, 9.17) is 14.3 Å². The Morgan fingerprint density at radius 2 is 1.85 bits per heavy atom. The van der Waals surface area contributed by atoms with Crippen LogP contribution in [0, 0.1) is 6.92 Å². The van der Waals surface area contributed by atoms with Crippen molar-refractivity contribution in [1.29, 1.82) is 0 Å². The smallest absolute Gasteiger partial charge is 0.242 e. The molecule has 0 N–H and O–H groups in total. The second-order valence-corrected chi connectivity index (χ2v) is 13.2. The molecule has 2 aromatic carbocycles. The highest BCUT2D eigenvalue weighted by atomic mass is 127. The van der Waals surface area contributed by atoms with Crippen LogP contribution >= 0.6 is 42.1 Å². The number of aromatic nitrogens is 3. The molecule has 4 aromatic rings. The van der Waals surface area contributed by atoms with E-state index in [1.165, 1.54) is 29.5 Å². The molecule has 7 nitrogen and oxygen atoms in total. The molecule has 0 aliphatic carbocycles.